The maximum atomic E-state index is 13.3. The van der Waals surface area contributed by atoms with E-state index in [9.17, 15) is 9.50 Å². The number of rotatable bonds is 3. The van der Waals surface area contributed by atoms with Gasteiger partial charge >= 0.3 is 0 Å². The van der Waals surface area contributed by atoms with Gasteiger partial charge in [0.1, 0.15) is 11.0 Å². The van der Waals surface area contributed by atoms with Crippen LogP contribution in [-0.4, -0.2) is 14.9 Å². The third kappa shape index (κ3) is 3.16. The molecule has 0 radical (unpaired) electrons. The molecule has 0 aliphatic rings. The van der Waals surface area contributed by atoms with Gasteiger partial charge in [-0.3, -0.25) is 4.68 Å². The average molecular weight is 348 g/mol. The zero-order chi connectivity index (χ0) is 14.2. The molecule has 0 bridgehead atoms. The Hall–Kier alpha value is -0.910. The van der Waals surface area contributed by atoms with Crippen LogP contribution < -0.4 is 0 Å². The number of aromatic nitrogens is 2. The van der Waals surface area contributed by atoms with Gasteiger partial charge in [-0.25, -0.2) is 4.39 Å². The molecule has 19 heavy (non-hydrogen) atoms. The van der Waals surface area contributed by atoms with Crippen LogP contribution in [0, 0.1) is 12.7 Å². The monoisotopic (exact) mass is 346 g/mol. The molecule has 0 saturated heterocycles. The van der Waals surface area contributed by atoms with Gasteiger partial charge in [-0.05, 0) is 30.7 Å². The topological polar surface area (TPSA) is 38.0 Å². The lowest BCUT2D eigenvalue weighted by Crippen LogP contribution is -2.04. The Bertz CT molecular complexity index is 595. The van der Waals surface area contributed by atoms with E-state index in [1.165, 1.54) is 16.8 Å². The predicted octanol–water partition coefficient (Wildman–Crippen LogP) is 3.56. The highest BCUT2D eigenvalue weighted by Crippen LogP contribution is 2.29. The normalized spacial score (nSPS) is 12.7. The number of nitrogens with zero attached hydrogens (tertiary/aromatic N) is 2. The second-order valence-corrected chi connectivity index (χ2v) is 5.68. The van der Waals surface area contributed by atoms with Crippen LogP contribution in [0.3, 0.4) is 0 Å². The first-order valence-corrected chi connectivity index (χ1v) is 6.87. The van der Waals surface area contributed by atoms with Crippen LogP contribution >= 0.6 is 27.5 Å². The van der Waals surface area contributed by atoms with Crippen molar-refractivity contribution in [3.63, 3.8) is 0 Å². The van der Waals surface area contributed by atoms with E-state index in [1.807, 2.05) is 0 Å². The molecule has 2 aromatic rings. The largest absolute Gasteiger partial charge is 0.388 e. The SMILES string of the molecule is Cc1nn(C)c(Cl)c1C(O)Cc1cc(F)cc(Br)c1. The van der Waals surface area contributed by atoms with Gasteiger partial charge < -0.3 is 5.11 Å². The molecular formula is C13H13BrClFN2O. The van der Waals surface area contributed by atoms with Crippen LogP contribution in [0.15, 0.2) is 22.7 Å². The van der Waals surface area contributed by atoms with Gasteiger partial charge in [0.05, 0.1) is 11.8 Å². The highest BCUT2D eigenvalue weighted by Gasteiger charge is 2.20. The summed E-state index contributed by atoms with van der Waals surface area (Å²) >= 11 is 9.32. The van der Waals surface area contributed by atoms with Gasteiger partial charge in [0, 0.05) is 23.5 Å². The maximum Gasteiger partial charge on any atom is 0.132 e. The zero-order valence-electron chi connectivity index (χ0n) is 10.5. The van der Waals surface area contributed by atoms with Crippen molar-refractivity contribution in [1.29, 1.82) is 0 Å². The molecule has 102 valence electrons. The van der Waals surface area contributed by atoms with E-state index in [0.29, 0.717) is 26.4 Å². The van der Waals surface area contributed by atoms with E-state index < -0.39 is 6.10 Å². The minimum atomic E-state index is -0.810. The van der Waals surface area contributed by atoms with Crippen LogP contribution in [0.4, 0.5) is 4.39 Å². The number of benzene rings is 1. The highest BCUT2D eigenvalue weighted by atomic mass is 79.9. The first-order chi connectivity index (χ1) is 8.88. The van der Waals surface area contributed by atoms with Gasteiger partial charge in [-0.1, -0.05) is 27.5 Å². The van der Waals surface area contributed by atoms with Crippen LogP contribution in [0.1, 0.15) is 22.9 Å². The van der Waals surface area contributed by atoms with E-state index in [1.54, 1.807) is 20.0 Å². The first-order valence-electron chi connectivity index (χ1n) is 5.70. The van der Waals surface area contributed by atoms with Crippen LogP contribution in [-0.2, 0) is 13.5 Å². The van der Waals surface area contributed by atoms with Gasteiger partial charge in [0.15, 0.2) is 0 Å². The summed E-state index contributed by atoms with van der Waals surface area (Å²) in [5.74, 6) is -0.342. The highest BCUT2D eigenvalue weighted by molar-refractivity contribution is 9.10. The fraction of sp³-hybridized carbons (Fsp3) is 0.308. The minimum Gasteiger partial charge on any atom is -0.388 e. The Balaban J connectivity index is 2.27. The smallest absolute Gasteiger partial charge is 0.132 e. The van der Waals surface area contributed by atoms with Crippen LogP contribution in [0.2, 0.25) is 5.15 Å². The summed E-state index contributed by atoms with van der Waals surface area (Å²) in [6.45, 7) is 1.78. The van der Waals surface area contributed by atoms with Gasteiger partial charge in [0.2, 0.25) is 0 Å². The van der Waals surface area contributed by atoms with E-state index >= 15 is 0 Å². The van der Waals surface area contributed by atoms with Gasteiger partial charge in [0.25, 0.3) is 0 Å². The number of hydrogen-bond acceptors (Lipinski definition) is 2. The molecule has 1 unspecified atom stereocenters. The van der Waals surface area contributed by atoms with Crippen molar-refractivity contribution in [3.8, 4) is 0 Å². The third-order valence-electron chi connectivity index (χ3n) is 2.88. The Morgan fingerprint density at radius 1 is 1.47 bits per heavy atom. The van der Waals surface area contributed by atoms with Crippen molar-refractivity contribution in [1.82, 2.24) is 9.78 Å². The molecule has 0 aliphatic carbocycles. The quantitative estimate of drug-likeness (QED) is 0.922. The molecule has 1 aromatic carbocycles. The molecular weight excluding hydrogens is 335 g/mol. The van der Waals surface area contributed by atoms with Crippen molar-refractivity contribution >= 4 is 27.5 Å². The van der Waals surface area contributed by atoms with Crippen molar-refractivity contribution in [2.24, 2.45) is 7.05 Å². The van der Waals surface area contributed by atoms with Crippen molar-refractivity contribution in [2.45, 2.75) is 19.4 Å². The van der Waals surface area contributed by atoms with Crippen molar-refractivity contribution in [2.75, 3.05) is 0 Å². The zero-order valence-corrected chi connectivity index (χ0v) is 12.8. The van der Waals surface area contributed by atoms with Crippen LogP contribution in [0.5, 0.6) is 0 Å². The van der Waals surface area contributed by atoms with Gasteiger partial charge in [-0.2, -0.15) is 5.10 Å². The second-order valence-electron chi connectivity index (χ2n) is 4.41. The molecule has 1 N–H and O–H groups in total. The number of aliphatic hydroxyl groups excluding tert-OH is 1. The number of aryl methyl sites for hydroxylation is 2. The average Bonchev–Trinajstić information content (AvgIpc) is 2.51. The van der Waals surface area contributed by atoms with E-state index in [2.05, 4.69) is 21.0 Å². The molecule has 3 nitrogen and oxygen atoms in total. The Kier molecular flexibility index (Phi) is 4.28. The molecule has 0 aliphatic heterocycles. The predicted molar refractivity (Wildman–Crippen MR) is 75.7 cm³/mol. The summed E-state index contributed by atoms with van der Waals surface area (Å²) in [6.07, 6.45) is -0.530. The molecule has 0 fully saturated rings. The fourth-order valence-corrected chi connectivity index (χ4v) is 2.89. The molecule has 2 rings (SSSR count). The lowest BCUT2D eigenvalue weighted by molar-refractivity contribution is 0.177. The van der Waals surface area contributed by atoms with E-state index in [0.717, 1.165) is 0 Å². The standard InChI is InChI=1S/C13H13BrClFN2O/c1-7-12(13(15)18(2)17-7)11(19)5-8-3-9(14)6-10(16)4-8/h3-4,6,11,19H,5H2,1-2H3. The van der Waals surface area contributed by atoms with Gasteiger partial charge in [-0.15, -0.1) is 0 Å². The fourth-order valence-electron chi connectivity index (χ4n) is 2.08. The third-order valence-corrected chi connectivity index (χ3v) is 3.79. The second kappa shape index (κ2) is 5.61. The number of halogens is 3. The lowest BCUT2D eigenvalue weighted by Gasteiger charge is -2.11. The van der Waals surface area contributed by atoms with E-state index in [4.69, 9.17) is 11.6 Å². The Morgan fingerprint density at radius 3 is 2.68 bits per heavy atom. The Labute approximate surface area is 124 Å². The summed E-state index contributed by atoms with van der Waals surface area (Å²) in [4.78, 5) is 0. The summed E-state index contributed by atoms with van der Waals surface area (Å²) in [7, 11) is 1.71. The summed E-state index contributed by atoms with van der Waals surface area (Å²) < 4.78 is 15.4. The molecule has 1 heterocycles. The van der Waals surface area contributed by atoms with Crippen molar-refractivity contribution < 1.29 is 9.50 Å². The molecule has 6 heteroatoms. The molecule has 0 saturated carbocycles. The van der Waals surface area contributed by atoms with Crippen LogP contribution in [0.25, 0.3) is 0 Å². The maximum absolute atomic E-state index is 13.3. The summed E-state index contributed by atoms with van der Waals surface area (Å²) in [5, 5.41) is 14.8. The van der Waals surface area contributed by atoms with E-state index in [-0.39, 0.29) is 12.2 Å². The summed E-state index contributed by atoms with van der Waals surface area (Å²) in [5.41, 5.74) is 1.96. The molecule has 0 spiro atoms. The molecule has 1 atom stereocenters. The Morgan fingerprint density at radius 2 is 2.16 bits per heavy atom. The van der Waals surface area contributed by atoms with Crippen molar-refractivity contribution in [3.05, 3.63) is 50.5 Å². The molecule has 0 amide bonds. The lowest BCUT2D eigenvalue weighted by atomic mass is 10.0. The number of hydrogen-bond donors (Lipinski definition) is 1. The first kappa shape index (κ1) is 14.5. The number of aliphatic hydroxyl groups is 1. The summed E-state index contributed by atoms with van der Waals surface area (Å²) in [6, 6.07) is 4.54. The molecule has 1 aromatic heterocycles. The minimum absolute atomic E-state index is 0.280.